The zero-order valence-corrected chi connectivity index (χ0v) is 13.0. The van der Waals surface area contributed by atoms with Crippen molar-refractivity contribution in [1.29, 1.82) is 0 Å². The van der Waals surface area contributed by atoms with Crippen LogP contribution in [0.4, 0.5) is 0 Å². The van der Waals surface area contributed by atoms with Gasteiger partial charge in [0.15, 0.2) is 6.79 Å². The lowest BCUT2D eigenvalue weighted by Crippen LogP contribution is -2.10. The molecule has 20 heavy (non-hydrogen) atoms. The third-order valence-corrected chi connectivity index (χ3v) is 3.13. The van der Waals surface area contributed by atoms with E-state index in [1.807, 2.05) is 0 Å². The second kappa shape index (κ2) is 14.3. The normalized spacial score (nSPS) is 10.2. The van der Waals surface area contributed by atoms with Gasteiger partial charge in [0, 0.05) is 5.57 Å². The number of hydrogen-bond acceptors (Lipinski definition) is 3. The summed E-state index contributed by atoms with van der Waals surface area (Å²) in [5.74, 6) is -0.350. The highest BCUT2D eigenvalue weighted by Gasteiger charge is 2.07. The number of carbonyl (C=O) groups is 1. The largest absolute Gasteiger partial charge is 0.435 e. The Hall–Kier alpha value is -1.09. The maximum Gasteiger partial charge on any atom is 0.335 e. The summed E-state index contributed by atoms with van der Waals surface area (Å²) < 4.78 is 9.91. The third kappa shape index (κ3) is 12.0. The lowest BCUT2D eigenvalue weighted by Gasteiger charge is -2.07. The fraction of sp³-hybridized carbons (Fsp3) is 0.706. The van der Waals surface area contributed by atoms with Crippen LogP contribution in [0.5, 0.6) is 0 Å². The molecule has 0 aromatic rings. The minimum absolute atomic E-state index is 0.0265. The Labute approximate surface area is 124 Å². The molecule has 0 N–H and O–H groups in total. The van der Waals surface area contributed by atoms with E-state index in [0.717, 1.165) is 19.3 Å². The highest BCUT2D eigenvalue weighted by molar-refractivity contribution is 5.87. The van der Waals surface area contributed by atoms with E-state index in [-0.39, 0.29) is 12.8 Å². The summed E-state index contributed by atoms with van der Waals surface area (Å²) in [5.41, 5.74) is 0.540. The minimum Gasteiger partial charge on any atom is -0.435 e. The van der Waals surface area contributed by atoms with E-state index in [2.05, 4.69) is 20.1 Å². The zero-order chi connectivity index (χ0) is 15.1. The van der Waals surface area contributed by atoms with Crippen LogP contribution in [0.25, 0.3) is 0 Å². The SMILES string of the molecule is C=CCOCOC(=O)C(=C)CCCCCCCCCC. The van der Waals surface area contributed by atoms with Gasteiger partial charge in [-0.1, -0.05) is 64.5 Å². The molecule has 0 saturated heterocycles. The first-order valence-electron chi connectivity index (χ1n) is 7.75. The van der Waals surface area contributed by atoms with Crippen molar-refractivity contribution in [3.8, 4) is 0 Å². The van der Waals surface area contributed by atoms with Crippen LogP contribution in [-0.2, 0) is 14.3 Å². The summed E-state index contributed by atoms with van der Waals surface area (Å²) in [5, 5.41) is 0. The van der Waals surface area contributed by atoms with Crippen molar-refractivity contribution in [2.45, 2.75) is 64.7 Å². The number of carbonyl (C=O) groups excluding carboxylic acids is 1. The molecule has 3 heteroatoms. The number of esters is 1. The van der Waals surface area contributed by atoms with Gasteiger partial charge in [0.1, 0.15) is 0 Å². The van der Waals surface area contributed by atoms with Crippen molar-refractivity contribution in [2.75, 3.05) is 13.4 Å². The molecule has 0 aliphatic carbocycles. The van der Waals surface area contributed by atoms with Crippen LogP contribution in [0, 0.1) is 0 Å². The Kier molecular flexibility index (Phi) is 13.5. The molecule has 0 heterocycles. The summed E-state index contributed by atoms with van der Waals surface area (Å²) in [6, 6.07) is 0. The Balaban J connectivity index is 3.38. The van der Waals surface area contributed by atoms with Gasteiger partial charge in [-0.25, -0.2) is 4.79 Å². The van der Waals surface area contributed by atoms with Gasteiger partial charge in [0.25, 0.3) is 0 Å². The maximum absolute atomic E-state index is 11.5. The van der Waals surface area contributed by atoms with Gasteiger partial charge < -0.3 is 9.47 Å². The molecule has 116 valence electrons. The molecular weight excluding hydrogens is 252 g/mol. The Bertz CT molecular complexity index is 271. The molecule has 0 rings (SSSR count). The van der Waals surface area contributed by atoms with Crippen LogP contribution in [0.15, 0.2) is 24.8 Å². The number of hydrogen-bond donors (Lipinski definition) is 0. The number of ether oxygens (including phenoxy) is 2. The molecule has 0 unspecified atom stereocenters. The second-order valence-corrected chi connectivity index (χ2v) is 5.04. The van der Waals surface area contributed by atoms with E-state index in [0.29, 0.717) is 12.2 Å². The van der Waals surface area contributed by atoms with Crippen molar-refractivity contribution in [2.24, 2.45) is 0 Å². The van der Waals surface area contributed by atoms with E-state index in [1.54, 1.807) is 6.08 Å². The average Bonchev–Trinajstić information content (AvgIpc) is 2.46. The van der Waals surface area contributed by atoms with Gasteiger partial charge in [-0.3, -0.25) is 0 Å². The lowest BCUT2D eigenvalue weighted by atomic mass is 10.1. The van der Waals surface area contributed by atoms with Gasteiger partial charge in [-0.15, -0.1) is 6.58 Å². The molecule has 3 nitrogen and oxygen atoms in total. The number of rotatable bonds is 14. The van der Waals surface area contributed by atoms with Gasteiger partial charge >= 0.3 is 5.97 Å². The lowest BCUT2D eigenvalue weighted by molar-refractivity contribution is -0.150. The van der Waals surface area contributed by atoms with E-state index >= 15 is 0 Å². The van der Waals surface area contributed by atoms with Crippen molar-refractivity contribution < 1.29 is 14.3 Å². The summed E-state index contributed by atoms with van der Waals surface area (Å²) in [6.07, 6.45) is 12.4. The van der Waals surface area contributed by atoms with E-state index in [1.165, 1.54) is 38.5 Å². The first-order valence-corrected chi connectivity index (χ1v) is 7.75. The second-order valence-electron chi connectivity index (χ2n) is 5.04. The van der Waals surface area contributed by atoms with Crippen molar-refractivity contribution in [3.05, 3.63) is 24.8 Å². The maximum atomic E-state index is 11.5. The van der Waals surface area contributed by atoms with E-state index in [4.69, 9.17) is 9.47 Å². The topological polar surface area (TPSA) is 35.5 Å². The monoisotopic (exact) mass is 282 g/mol. The van der Waals surface area contributed by atoms with E-state index in [9.17, 15) is 4.79 Å². The minimum atomic E-state index is -0.350. The van der Waals surface area contributed by atoms with Crippen molar-refractivity contribution in [1.82, 2.24) is 0 Å². The molecule has 0 aromatic heterocycles. The molecule has 0 fully saturated rings. The molecule has 0 saturated carbocycles. The fourth-order valence-electron chi connectivity index (χ4n) is 1.90. The molecule has 0 aliphatic heterocycles. The van der Waals surface area contributed by atoms with Crippen molar-refractivity contribution in [3.63, 3.8) is 0 Å². The summed E-state index contributed by atoms with van der Waals surface area (Å²) in [7, 11) is 0. The fourth-order valence-corrected chi connectivity index (χ4v) is 1.90. The molecule has 0 atom stereocenters. The Morgan fingerprint density at radius 1 is 1.05 bits per heavy atom. The summed E-state index contributed by atoms with van der Waals surface area (Å²) >= 11 is 0. The van der Waals surface area contributed by atoms with Gasteiger partial charge in [-0.2, -0.15) is 0 Å². The predicted octanol–water partition coefficient (Wildman–Crippen LogP) is 4.78. The van der Waals surface area contributed by atoms with Crippen molar-refractivity contribution >= 4 is 5.97 Å². The summed E-state index contributed by atoms with van der Waals surface area (Å²) in [4.78, 5) is 11.5. The standard InChI is InChI=1S/C17H30O3/c1-4-6-7-8-9-10-11-12-13-16(3)17(18)20-15-19-14-5-2/h5H,2-4,6-15H2,1H3. The smallest absolute Gasteiger partial charge is 0.335 e. The van der Waals surface area contributed by atoms with Crippen LogP contribution < -0.4 is 0 Å². The van der Waals surface area contributed by atoms with Crippen LogP contribution in [0.2, 0.25) is 0 Å². The van der Waals surface area contributed by atoms with E-state index < -0.39 is 0 Å². The molecule has 0 aliphatic rings. The zero-order valence-electron chi connectivity index (χ0n) is 13.0. The molecule has 0 bridgehead atoms. The molecular formula is C17H30O3. The van der Waals surface area contributed by atoms with Crippen LogP contribution in [0.1, 0.15) is 64.7 Å². The van der Waals surface area contributed by atoms with Crippen LogP contribution >= 0.6 is 0 Å². The molecule has 0 aromatic carbocycles. The quantitative estimate of drug-likeness (QED) is 0.151. The van der Waals surface area contributed by atoms with Gasteiger partial charge in [0.05, 0.1) is 6.61 Å². The average molecular weight is 282 g/mol. The van der Waals surface area contributed by atoms with Gasteiger partial charge in [0.2, 0.25) is 0 Å². The highest BCUT2D eigenvalue weighted by atomic mass is 16.7. The first-order chi connectivity index (χ1) is 9.72. The van der Waals surface area contributed by atoms with Crippen LogP contribution in [-0.4, -0.2) is 19.4 Å². The molecule has 0 amide bonds. The van der Waals surface area contributed by atoms with Crippen LogP contribution in [0.3, 0.4) is 0 Å². The number of unbranched alkanes of at least 4 members (excludes halogenated alkanes) is 7. The third-order valence-electron chi connectivity index (χ3n) is 3.13. The molecule has 0 spiro atoms. The first kappa shape index (κ1) is 18.9. The Morgan fingerprint density at radius 2 is 1.65 bits per heavy atom. The molecule has 0 radical (unpaired) electrons. The highest BCUT2D eigenvalue weighted by Crippen LogP contribution is 2.12. The summed E-state index contributed by atoms with van der Waals surface area (Å²) in [6.45, 7) is 9.86. The van der Waals surface area contributed by atoms with Gasteiger partial charge in [-0.05, 0) is 12.8 Å². The predicted molar refractivity (Wildman–Crippen MR) is 83.5 cm³/mol. The Morgan fingerprint density at radius 3 is 2.25 bits per heavy atom.